The van der Waals surface area contributed by atoms with Crippen molar-refractivity contribution in [2.75, 3.05) is 6.61 Å². The van der Waals surface area contributed by atoms with Crippen LogP contribution in [0.15, 0.2) is 11.5 Å². The maximum atomic E-state index is 10.5. The van der Waals surface area contributed by atoms with Crippen LogP contribution in [0.4, 0.5) is 0 Å². The molecule has 1 heterocycles. The van der Waals surface area contributed by atoms with Gasteiger partial charge in [-0.25, -0.2) is 4.79 Å². The first-order valence-electron chi connectivity index (χ1n) is 12.2. The lowest BCUT2D eigenvalue weighted by Gasteiger charge is -2.13. The van der Waals surface area contributed by atoms with E-state index in [4.69, 9.17) is 25.5 Å². The van der Waals surface area contributed by atoms with Gasteiger partial charge in [0.2, 0.25) is 5.76 Å². The van der Waals surface area contributed by atoms with E-state index in [1.54, 1.807) is 0 Å². The third-order valence-corrected chi connectivity index (χ3v) is 5.47. The van der Waals surface area contributed by atoms with E-state index in [9.17, 15) is 9.59 Å². The Bertz CT molecular complexity index is 532. The zero-order chi connectivity index (χ0) is 24.2. The fraction of sp³-hybridized carbons (Fsp3) is 0.833. The molecule has 1 aliphatic rings. The molecule has 5 N–H and O–H groups in total. The molecule has 1 rings (SSSR count). The van der Waals surface area contributed by atoms with Gasteiger partial charge in [-0.3, -0.25) is 4.79 Å². The van der Waals surface area contributed by atoms with Gasteiger partial charge in [-0.2, -0.15) is 0 Å². The molecule has 1 unspecified atom stereocenters. The van der Waals surface area contributed by atoms with E-state index in [1.165, 1.54) is 83.5 Å². The molecule has 0 spiro atoms. The molecule has 188 valence electrons. The van der Waals surface area contributed by atoms with Crippen molar-refractivity contribution in [3.8, 4) is 0 Å². The lowest BCUT2D eigenvalue weighted by atomic mass is 10.0. The van der Waals surface area contributed by atoms with Gasteiger partial charge in [0.25, 0.3) is 0 Å². The van der Waals surface area contributed by atoms with Gasteiger partial charge in [-0.05, 0) is 6.42 Å². The molecule has 0 radical (unpaired) electrons. The highest BCUT2D eigenvalue weighted by Gasteiger charge is 2.38. The smallest absolute Gasteiger partial charge is 0.377 e. The molecule has 1 aliphatic heterocycles. The number of carboxylic acids is 1. The molecule has 0 saturated heterocycles. The number of carboxylic acid groups (broad SMARTS) is 1. The molecule has 0 aromatic heterocycles. The summed E-state index contributed by atoms with van der Waals surface area (Å²) in [6, 6.07) is 0. The van der Waals surface area contributed by atoms with Crippen LogP contribution in [0.3, 0.4) is 0 Å². The number of cyclic esters (lactones) is 1. The Kier molecular flexibility index (Phi) is 18.7. The molecule has 0 bridgehead atoms. The molecule has 0 fully saturated rings. The molecule has 2 atom stereocenters. The maximum absolute atomic E-state index is 10.5. The lowest BCUT2D eigenvalue weighted by molar-refractivity contribution is -0.147. The Hall–Kier alpha value is -1.80. The Morgan fingerprint density at radius 1 is 0.844 bits per heavy atom. The highest BCUT2D eigenvalue weighted by molar-refractivity contribution is 5.89. The van der Waals surface area contributed by atoms with Crippen molar-refractivity contribution in [3.05, 3.63) is 11.5 Å². The predicted octanol–water partition coefficient (Wildman–Crippen LogP) is 4.93. The molecule has 0 saturated carbocycles. The minimum Gasteiger partial charge on any atom is -0.505 e. The number of rotatable bonds is 18. The SMILES string of the molecule is CCCCCCCCCCCCCCCCCC(=O)O.O=C1O[C@H](C(O)CO)C(O)=C1O. The summed E-state index contributed by atoms with van der Waals surface area (Å²) in [5.41, 5.74) is 0. The summed E-state index contributed by atoms with van der Waals surface area (Å²) >= 11 is 0. The molecule has 0 aliphatic carbocycles. The number of unbranched alkanes of at least 4 members (excludes halogenated alkanes) is 14. The Morgan fingerprint density at radius 3 is 1.56 bits per heavy atom. The van der Waals surface area contributed by atoms with Gasteiger partial charge in [-0.1, -0.05) is 96.8 Å². The Morgan fingerprint density at radius 2 is 1.25 bits per heavy atom. The largest absolute Gasteiger partial charge is 0.505 e. The summed E-state index contributed by atoms with van der Waals surface area (Å²) in [7, 11) is 0. The van der Waals surface area contributed by atoms with Gasteiger partial charge in [0.05, 0.1) is 6.61 Å². The third-order valence-electron chi connectivity index (χ3n) is 5.47. The van der Waals surface area contributed by atoms with Gasteiger partial charge in [0, 0.05) is 6.42 Å². The van der Waals surface area contributed by atoms with E-state index in [0.717, 1.165) is 12.8 Å². The van der Waals surface area contributed by atoms with Crippen molar-refractivity contribution >= 4 is 11.9 Å². The first kappa shape index (κ1) is 30.2. The molecular weight excluding hydrogens is 416 g/mol. The van der Waals surface area contributed by atoms with Crippen molar-refractivity contribution in [2.24, 2.45) is 0 Å². The molecule has 0 aromatic carbocycles. The van der Waals surface area contributed by atoms with Crippen molar-refractivity contribution in [2.45, 2.75) is 122 Å². The third kappa shape index (κ3) is 15.1. The Labute approximate surface area is 192 Å². The van der Waals surface area contributed by atoms with Crippen LogP contribution in [0, 0.1) is 0 Å². The minimum atomic E-state index is -1.42. The van der Waals surface area contributed by atoms with Crippen LogP contribution in [-0.4, -0.2) is 56.3 Å². The number of esters is 1. The van der Waals surface area contributed by atoms with Gasteiger partial charge in [-0.15, -0.1) is 0 Å². The van der Waals surface area contributed by atoms with Gasteiger partial charge in [0.1, 0.15) is 6.10 Å². The van der Waals surface area contributed by atoms with E-state index in [0.29, 0.717) is 6.42 Å². The zero-order valence-electron chi connectivity index (χ0n) is 19.6. The summed E-state index contributed by atoms with van der Waals surface area (Å²) < 4.78 is 4.32. The number of carbonyl (C=O) groups is 2. The number of carbonyl (C=O) groups excluding carboxylic acids is 1. The normalized spacial score (nSPS) is 16.5. The van der Waals surface area contributed by atoms with E-state index in [1.807, 2.05) is 0 Å². The van der Waals surface area contributed by atoms with Crippen LogP contribution < -0.4 is 0 Å². The van der Waals surface area contributed by atoms with Crippen LogP contribution in [0.2, 0.25) is 0 Å². The second kappa shape index (κ2) is 19.9. The van der Waals surface area contributed by atoms with E-state index in [2.05, 4.69) is 11.7 Å². The summed E-state index contributed by atoms with van der Waals surface area (Å²) in [5.74, 6) is -3.43. The van der Waals surface area contributed by atoms with Crippen molar-refractivity contribution in [1.29, 1.82) is 0 Å². The first-order chi connectivity index (χ1) is 15.3. The van der Waals surface area contributed by atoms with E-state index in [-0.39, 0.29) is 0 Å². The molecular formula is C24H44O8. The van der Waals surface area contributed by atoms with Crippen LogP contribution in [0.5, 0.6) is 0 Å². The van der Waals surface area contributed by atoms with Gasteiger partial charge < -0.3 is 30.3 Å². The number of aliphatic carboxylic acids is 1. The molecule has 8 heteroatoms. The highest BCUT2D eigenvalue weighted by atomic mass is 16.6. The minimum absolute atomic E-state index is 0.345. The Balaban J connectivity index is 0.000000677. The van der Waals surface area contributed by atoms with Gasteiger partial charge in [0.15, 0.2) is 11.9 Å². The fourth-order valence-corrected chi connectivity index (χ4v) is 3.47. The van der Waals surface area contributed by atoms with Crippen molar-refractivity contribution in [1.82, 2.24) is 0 Å². The number of hydrogen-bond donors (Lipinski definition) is 5. The number of aliphatic hydroxyl groups is 4. The quantitative estimate of drug-likeness (QED) is 0.143. The highest BCUT2D eigenvalue weighted by Crippen LogP contribution is 2.21. The van der Waals surface area contributed by atoms with Gasteiger partial charge >= 0.3 is 11.9 Å². The van der Waals surface area contributed by atoms with E-state index < -0.39 is 42.3 Å². The maximum Gasteiger partial charge on any atom is 0.377 e. The van der Waals surface area contributed by atoms with Crippen LogP contribution in [-0.2, 0) is 14.3 Å². The second-order valence-electron chi connectivity index (χ2n) is 8.40. The monoisotopic (exact) mass is 460 g/mol. The average Bonchev–Trinajstić information content (AvgIpc) is 3.03. The topological polar surface area (TPSA) is 145 Å². The van der Waals surface area contributed by atoms with Crippen molar-refractivity contribution in [3.63, 3.8) is 0 Å². The number of aliphatic hydroxyl groups excluding tert-OH is 4. The number of hydrogen-bond acceptors (Lipinski definition) is 7. The summed E-state index contributed by atoms with van der Waals surface area (Å²) in [6.45, 7) is 1.60. The zero-order valence-corrected chi connectivity index (χ0v) is 19.6. The second-order valence-corrected chi connectivity index (χ2v) is 8.40. The van der Waals surface area contributed by atoms with Crippen LogP contribution >= 0.6 is 0 Å². The predicted molar refractivity (Wildman–Crippen MR) is 122 cm³/mol. The summed E-state index contributed by atoms with van der Waals surface area (Å²) in [5, 5.41) is 43.6. The summed E-state index contributed by atoms with van der Waals surface area (Å²) in [4.78, 5) is 20.9. The number of ether oxygens (including phenoxy) is 1. The van der Waals surface area contributed by atoms with Crippen LogP contribution in [0.25, 0.3) is 0 Å². The molecule has 0 aromatic rings. The van der Waals surface area contributed by atoms with E-state index >= 15 is 0 Å². The first-order valence-corrected chi connectivity index (χ1v) is 12.2. The average molecular weight is 461 g/mol. The molecule has 8 nitrogen and oxygen atoms in total. The van der Waals surface area contributed by atoms with Crippen molar-refractivity contribution < 1.29 is 39.9 Å². The fourth-order valence-electron chi connectivity index (χ4n) is 3.47. The molecule has 0 amide bonds. The van der Waals surface area contributed by atoms with Crippen LogP contribution in [0.1, 0.15) is 110 Å². The lowest BCUT2D eigenvalue weighted by Crippen LogP contribution is -2.31. The molecule has 32 heavy (non-hydrogen) atoms. The standard InChI is InChI=1S/C18H36O2.C6H8O6/c1-2-3-4-5-6-7-8-9-10-11-12-13-14-15-16-17-18(19)20;7-1-2(8)5-3(9)4(10)6(11)12-5/h2-17H2,1H3,(H,19,20);2,5,7-10H,1H2/t;2?,5-/m.1/s1. The summed E-state index contributed by atoms with van der Waals surface area (Å²) in [6.07, 6.45) is 17.4.